The number of aryl methyl sites for hydroxylation is 1. The third-order valence-corrected chi connectivity index (χ3v) is 2.89. The van der Waals surface area contributed by atoms with Crippen LogP contribution in [0.3, 0.4) is 0 Å². The smallest absolute Gasteiger partial charge is 0.326 e. The van der Waals surface area contributed by atoms with Crippen molar-refractivity contribution in [2.45, 2.75) is 38.6 Å². The Balaban J connectivity index is 2.31. The number of carboxylic acids is 1. The molecule has 0 aliphatic heterocycles. The van der Waals surface area contributed by atoms with E-state index in [1.165, 1.54) is 0 Å². The van der Waals surface area contributed by atoms with Crippen molar-refractivity contribution in [3.05, 3.63) is 12.2 Å². The standard InChI is InChI=1S/C12H21N5O3/c1-3-4-5-9(11(18)19)15-12(20)13-7-6-10-16-14-8-17(10)2/h8-9H,3-7H2,1-2H3,(H,18,19)(H2,13,15,20)/t9-/m0/s1. The molecule has 0 saturated carbocycles. The average molecular weight is 283 g/mol. The van der Waals surface area contributed by atoms with E-state index in [0.717, 1.165) is 18.7 Å². The number of aromatic nitrogens is 3. The number of hydrogen-bond acceptors (Lipinski definition) is 4. The Labute approximate surface area is 117 Å². The van der Waals surface area contributed by atoms with Crippen molar-refractivity contribution in [2.24, 2.45) is 7.05 Å². The van der Waals surface area contributed by atoms with Crippen LogP contribution in [0.25, 0.3) is 0 Å². The van der Waals surface area contributed by atoms with Crippen LogP contribution in [0.15, 0.2) is 6.33 Å². The number of rotatable bonds is 8. The lowest BCUT2D eigenvalue weighted by atomic mass is 10.1. The van der Waals surface area contributed by atoms with E-state index in [2.05, 4.69) is 20.8 Å². The molecule has 0 bridgehead atoms. The summed E-state index contributed by atoms with van der Waals surface area (Å²) in [6.07, 6.45) is 4.20. The molecule has 8 heteroatoms. The summed E-state index contributed by atoms with van der Waals surface area (Å²) in [6.45, 7) is 2.35. The molecule has 0 unspecified atom stereocenters. The minimum absolute atomic E-state index is 0.373. The molecule has 0 fully saturated rings. The molecule has 112 valence electrons. The molecule has 8 nitrogen and oxygen atoms in total. The Bertz CT molecular complexity index is 446. The molecular formula is C12H21N5O3. The summed E-state index contributed by atoms with van der Waals surface area (Å²) < 4.78 is 1.76. The maximum absolute atomic E-state index is 11.6. The van der Waals surface area contributed by atoms with Crippen LogP contribution in [0.2, 0.25) is 0 Å². The zero-order valence-electron chi connectivity index (χ0n) is 11.8. The highest BCUT2D eigenvalue weighted by Crippen LogP contribution is 2.00. The number of unbranched alkanes of at least 4 members (excludes halogenated alkanes) is 1. The van der Waals surface area contributed by atoms with Gasteiger partial charge in [-0.3, -0.25) is 0 Å². The van der Waals surface area contributed by atoms with E-state index in [9.17, 15) is 9.59 Å². The topological polar surface area (TPSA) is 109 Å². The van der Waals surface area contributed by atoms with E-state index in [4.69, 9.17) is 5.11 Å². The maximum atomic E-state index is 11.6. The van der Waals surface area contributed by atoms with Crippen molar-refractivity contribution in [3.63, 3.8) is 0 Å². The number of carbonyl (C=O) groups is 2. The predicted octanol–water partition coefficient (Wildman–Crippen LogP) is 0.300. The zero-order chi connectivity index (χ0) is 15.0. The Hall–Kier alpha value is -2.12. The van der Waals surface area contributed by atoms with E-state index >= 15 is 0 Å². The van der Waals surface area contributed by atoms with E-state index in [-0.39, 0.29) is 0 Å². The highest BCUT2D eigenvalue weighted by molar-refractivity contribution is 5.82. The summed E-state index contributed by atoms with van der Waals surface area (Å²) >= 11 is 0. The Morgan fingerprint density at radius 2 is 2.25 bits per heavy atom. The van der Waals surface area contributed by atoms with Gasteiger partial charge in [-0.2, -0.15) is 0 Å². The van der Waals surface area contributed by atoms with E-state index < -0.39 is 18.0 Å². The minimum atomic E-state index is -1.01. The molecule has 0 aliphatic carbocycles. The Kier molecular flexibility index (Phi) is 6.48. The second kappa shape index (κ2) is 8.13. The normalized spacial score (nSPS) is 11.9. The second-order valence-electron chi connectivity index (χ2n) is 4.54. The third kappa shape index (κ3) is 5.25. The summed E-state index contributed by atoms with van der Waals surface area (Å²) in [6, 6.07) is -1.32. The highest BCUT2D eigenvalue weighted by Gasteiger charge is 2.18. The van der Waals surface area contributed by atoms with Crippen LogP contribution in [0.1, 0.15) is 32.0 Å². The number of carbonyl (C=O) groups excluding carboxylic acids is 1. The van der Waals surface area contributed by atoms with E-state index in [1.807, 2.05) is 14.0 Å². The van der Waals surface area contributed by atoms with Crippen molar-refractivity contribution in [1.29, 1.82) is 0 Å². The molecule has 0 radical (unpaired) electrons. The molecule has 20 heavy (non-hydrogen) atoms. The van der Waals surface area contributed by atoms with Gasteiger partial charge >= 0.3 is 12.0 Å². The monoisotopic (exact) mass is 283 g/mol. The first-order valence-electron chi connectivity index (χ1n) is 6.64. The van der Waals surface area contributed by atoms with Crippen LogP contribution in [0.5, 0.6) is 0 Å². The van der Waals surface area contributed by atoms with Crippen LogP contribution < -0.4 is 10.6 Å². The van der Waals surface area contributed by atoms with Gasteiger partial charge in [-0.15, -0.1) is 10.2 Å². The number of carboxylic acid groups (broad SMARTS) is 1. The van der Waals surface area contributed by atoms with Crippen molar-refractivity contribution in [3.8, 4) is 0 Å². The van der Waals surface area contributed by atoms with Crippen LogP contribution in [-0.4, -0.2) is 44.5 Å². The fraction of sp³-hybridized carbons (Fsp3) is 0.667. The molecule has 3 N–H and O–H groups in total. The lowest BCUT2D eigenvalue weighted by Gasteiger charge is -2.14. The molecule has 2 amide bonds. The lowest BCUT2D eigenvalue weighted by Crippen LogP contribution is -2.46. The highest BCUT2D eigenvalue weighted by atomic mass is 16.4. The average Bonchev–Trinajstić information content (AvgIpc) is 2.80. The van der Waals surface area contributed by atoms with Crippen LogP contribution in [0, 0.1) is 0 Å². The number of amides is 2. The number of aliphatic carboxylic acids is 1. The molecule has 0 saturated heterocycles. The van der Waals surface area contributed by atoms with Gasteiger partial charge < -0.3 is 20.3 Å². The number of urea groups is 1. The summed E-state index contributed by atoms with van der Waals surface area (Å²) in [7, 11) is 1.82. The minimum Gasteiger partial charge on any atom is -0.480 e. The van der Waals surface area contributed by atoms with Crippen LogP contribution >= 0.6 is 0 Å². The molecule has 0 aliphatic rings. The molecule has 1 atom stereocenters. The molecule has 1 heterocycles. The molecular weight excluding hydrogens is 262 g/mol. The summed E-state index contributed by atoms with van der Waals surface area (Å²) in [4.78, 5) is 22.6. The van der Waals surface area contributed by atoms with E-state index in [0.29, 0.717) is 19.4 Å². The first kappa shape index (κ1) is 15.9. The maximum Gasteiger partial charge on any atom is 0.326 e. The van der Waals surface area contributed by atoms with Gasteiger partial charge in [0.2, 0.25) is 0 Å². The fourth-order valence-corrected chi connectivity index (χ4v) is 1.70. The van der Waals surface area contributed by atoms with E-state index in [1.54, 1.807) is 10.9 Å². The van der Waals surface area contributed by atoms with Crippen molar-refractivity contribution in [2.75, 3.05) is 6.54 Å². The number of nitrogens with one attached hydrogen (secondary N) is 2. The SMILES string of the molecule is CCCC[C@H](NC(=O)NCCc1nncn1C)C(=O)O. The molecule has 0 spiro atoms. The van der Waals surface area contributed by atoms with Gasteiger partial charge in [0.15, 0.2) is 0 Å². The number of hydrogen-bond donors (Lipinski definition) is 3. The van der Waals surface area contributed by atoms with Crippen LogP contribution in [0.4, 0.5) is 4.79 Å². The largest absolute Gasteiger partial charge is 0.480 e. The van der Waals surface area contributed by atoms with Crippen molar-refractivity contribution < 1.29 is 14.7 Å². The Morgan fingerprint density at radius 3 is 2.80 bits per heavy atom. The quantitative estimate of drug-likeness (QED) is 0.635. The summed E-state index contributed by atoms with van der Waals surface area (Å²) in [5.74, 6) is -0.257. The molecule has 1 rings (SSSR count). The number of nitrogens with zero attached hydrogens (tertiary/aromatic N) is 3. The van der Waals surface area contributed by atoms with Gasteiger partial charge in [-0.25, -0.2) is 9.59 Å². The molecule has 1 aromatic heterocycles. The first-order chi connectivity index (χ1) is 9.54. The van der Waals surface area contributed by atoms with Crippen molar-refractivity contribution >= 4 is 12.0 Å². The van der Waals surface area contributed by atoms with Crippen LogP contribution in [-0.2, 0) is 18.3 Å². The van der Waals surface area contributed by atoms with Gasteiger partial charge in [-0.05, 0) is 6.42 Å². The molecule has 0 aromatic carbocycles. The summed E-state index contributed by atoms with van der Waals surface area (Å²) in [5.41, 5.74) is 0. The van der Waals surface area contributed by atoms with Gasteiger partial charge in [0.25, 0.3) is 0 Å². The fourth-order valence-electron chi connectivity index (χ4n) is 1.70. The van der Waals surface area contributed by atoms with Gasteiger partial charge in [0.05, 0.1) is 0 Å². The van der Waals surface area contributed by atoms with Gasteiger partial charge in [0, 0.05) is 20.0 Å². The summed E-state index contributed by atoms with van der Waals surface area (Å²) in [5, 5.41) is 21.7. The molecule has 1 aromatic rings. The predicted molar refractivity (Wildman–Crippen MR) is 72.2 cm³/mol. The second-order valence-corrected chi connectivity index (χ2v) is 4.54. The van der Waals surface area contributed by atoms with Crippen molar-refractivity contribution in [1.82, 2.24) is 25.4 Å². The first-order valence-corrected chi connectivity index (χ1v) is 6.64. The van der Waals surface area contributed by atoms with Gasteiger partial charge in [-0.1, -0.05) is 19.8 Å². The zero-order valence-corrected chi connectivity index (χ0v) is 11.8. The Morgan fingerprint density at radius 1 is 1.50 bits per heavy atom. The third-order valence-electron chi connectivity index (χ3n) is 2.89. The van der Waals surface area contributed by atoms with Gasteiger partial charge in [0.1, 0.15) is 18.2 Å². The lowest BCUT2D eigenvalue weighted by molar-refractivity contribution is -0.139.